The Morgan fingerprint density at radius 2 is 2.40 bits per heavy atom. The monoisotopic (exact) mass is 221 g/mol. The van der Waals surface area contributed by atoms with Gasteiger partial charge < -0.3 is 0 Å². The SMILES string of the molecule is C=C(C)c1nc(SC)ncc1C=NCC. The topological polar surface area (TPSA) is 38.1 Å². The van der Waals surface area contributed by atoms with Crippen LogP contribution < -0.4 is 0 Å². The quantitative estimate of drug-likeness (QED) is 0.445. The summed E-state index contributed by atoms with van der Waals surface area (Å²) in [4.78, 5) is 12.8. The van der Waals surface area contributed by atoms with E-state index in [0.29, 0.717) is 0 Å². The molecule has 0 saturated carbocycles. The summed E-state index contributed by atoms with van der Waals surface area (Å²) in [5.74, 6) is 0. The molecule has 0 atom stereocenters. The summed E-state index contributed by atoms with van der Waals surface area (Å²) in [7, 11) is 0. The van der Waals surface area contributed by atoms with Crippen LogP contribution in [-0.2, 0) is 0 Å². The van der Waals surface area contributed by atoms with Gasteiger partial charge in [-0.3, -0.25) is 4.99 Å². The first-order valence-electron chi connectivity index (χ1n) is 4.75. The minimum absolute atomic E-state index is 0.764. The third-order valence-electron chi connectivity index (χ3n) is 1.79. The zero-order valence-electron chi connectivity index (χ0n) is 9.32. The van der Waals surface area contributed by atoms with Gasteiger partial charge in [0.2, 0.25) is 0 Å². The summed E-state index contributed by atoms with van der Waals surface area (Å²) in [6.07, 6.45) is 5.55. The van der Waals surface area contributed by atoms with E-state index in [1.165, 1.54) is 11.8 Å². The summed E-state index contributed by atoms with van der Waals surface area (Å²) < 4.78 is 0. The van der Waals surface area contributed by atoms with Gasteiger partial charge in [0.1, 0.15) is 0 Å². The van der Waals surface area contributed by atoms with Gasteiger partial charge in [0.15, 0.2) is 5.16 Å². The average Bonchev–Trinajstić information content (AvgIpc) is 2.26. The van der Waals surface area contributed by atoms with E-state index < -0.39 is 0 Å². The van der Waals surface area contributed by atoms with Crippen LogP contribution in [0.3, 0.4) is 0 Å². The fourth-order valence-corrected chi connectivity index (χ4v) is 1.44. The maximum atomic E-state index is 4.40. The molecule has 3 nitrogen and oxygen atoms in total. The highest BCUT2D eigenvalue weighted by atomic mass is 32.2. The molecule has 1 rings (SSSR count). The minimum atomic E-state index is 0.764. The first-order chi connectivity index (χ1) is 7.19. The third-order valence-corrected chi connectivity index (χ3v) is 2.36. The zero-order chi connectivity index (χ0) is 11.3. The smallest absolute Gasteiger partial charge is 0.187 e. The average molecular weight is 221 g/mol. The zero-order valence-corrected chi connectivity index (χ0v) is 10.1. The van der Waals surface area contributed by atoms with Gasteiger partial charge in [-0.2, -0.15) is 0 Å². The van der Waals surface area contributed by atoms with Crippen LogP contribution in [0.4, 0.5) is 0 Å². The summed E-state index contributed by atoms with van der Waals surface area (Å²) in [6, 6.07) is 0. The van der Waals surface area contributed by atoms with Crippen LogP contribution in [0.5, 0.6) is 0 Å². The molecule has 0 aliphatic carbocycles. The second kappa shape index (κ2) is 5.66. The third kappa shape index (κ3) is 3.16. The standard InChI is InChI=1S/C11H15N3S/c1-5-12-6-9-7-13-11(15-4)14-10(9)8(2)3/h6-7H,2,5H2,1,3-4H3. The molecule has 1 heterocycles. The molecular weight excluding hydrogens is 206 g/mol. The van der Waals surface area contributed by atoms with Crippen LogP contribution in [0.1, 0.15) is 25.1 Å². The maximum absolute atomic E-state index is 4.40. The summed E-state index contributed by atoms with van der Waals surface area (Å²) >= 11 is 1.53. The predicted molar refractivity (Wildman–Crippen MR) is 66.7 cm³/mol. The molecule has 0 bridgehead atoms. The lowest BCUT2D eigenvalue weighted by molar-refractivity contribution is 0.951. The second-order valence-corrected chi connectivity index (χ2v) is 3.84. The molecule has 0 aliphatic rings. The van der Waals surface area contributed by atoms with E-state index in [-0.39, 0.29) is 0 Å². The Morgan fingerprint density at radius 3 is 2.93 bits per heavy atom. The molecule has 80 valence electrons. The highest BCUT2D eigenvalue weighted by Crippen LogP contribution is 2.16. The molecule has 0 N–H and O–H groups in total. The highest BCUT2D eigenvalue weighted by Gasteiger charge is 2.05. The summed E-state index contributed by atoms with van der Waals surface area (Å²) in [5, 5.41) is 0.765. The van der Waals surface area contributed by atoms with Gasteiger partial charge in [-0.05, 0) is 25.7 Å². The van der Waals surface area contributed by atoms with E-state index >= 15 is 0 Å². The van der Waals surface area contributed by atoms with Crippen molar-refractivity contribution in [2.24, 2.45) is 4.99 Å². The van der Waals surface area contributed by atoms with Gasteiger partial charge >= 0.3 is 0 Å². The van der Waals surface area contributed by atoms with Gasteiger partial charge in [0.05, 0.1) is 5.69 Å². The van der Waals surface area contributed by atoms with Crippen molar-refractivity contribution < 1.29 is 0 Å². The second-order valence-electron chi connectivity index (χ2n) is 3.07. The molecule has 0 radical (unpaired) electrons. The lowest BCUT2D eigenvalue weighted by Gasteiger charge is -2.04. The van der Waals surface area contributed by atoms with Crippen molar-refractivity contribution in [3.63, 3.8) is 0 Å². The molecule has 1 aromatic heterocycles. The summed E-state index contributed by atoms with van der Waals surface area (Å²) in [6.45, 7) is 8.61. The number of thioether (sulfide) groups is 1. The van der Waals surface area contributed by atoms with Crippen molar-refractivity contribution >= 4 is 23.5 Å². The Kier molecular flexibility index (Phi) is 4.49. The van der Waals surface area contributed by atoms with E-state index in [4.69, 9.17) is 0 Å². The molecule has 0 saturated heterocycles. The number of aliphatic imine (C=N–C) groups is 1. The molecule has 15 heavy (non-hydrogen) atoms. The van der Waals surface area contributed by atoms with Gasteiger partial charge in [0.25, 0.3) is 0 Å². The molecule has 0 aromatic carbocycles. The van der Waals surface area contributed by atoms with Crippen LogP contribution >= 0.6 is 11.8 Å². The van der Waals surface area contributed by atoms with Gasteiger partial charge in [0, 0.05) is 24.5 Å². The molecular formula is C11H15N3S. The molecule has 0 aliphatic heterocycles. The number of rotatable bonds is 4. The lowest BCUT2D eigenvalue weighted by atomic mass is 10.1. The highest BCUT2D eigenvalue weighted by molar-refractivity contribution is 7.98. The Balaban J connectivity index is 3.15. The molecule has 0 amide bonds. The largest absolute Gasteiger partial charge is 0.293 e. The Bertz CT molecular complexity index is 385. The first-order valence-corrected chi connectivity index (χ1v) is 5.98. The summed E-state index contributed by atoms with van der Waals surface area (Å²) in [5.41, 5.74) is 2.75. The van der Waals surface area contributed by atoms with Crippen molar-refractivity contribution in [3.05, 3.63) is 24.0 Å². The van der Waals surface area contributed by atoms with E-state index in [2.05, 4.69) is 21.5 Å². The normalized spacial score (nSPS) is 10.9. The molecule has 0 fully saturated rings. The van der Waals surface area contributed by atoms with Crippen LogP contribution in [0.2, 0.25) is 0 Å². The van der Waals surface area contributed by atoms with Gasteiger partial charge in [-0.1, -0.05) is 18.3 Å². The Hall–Kier alpha value is -1.16. The van der Waals surface area contributed by atoms with Crippen molar-refractivity contribution in [3.8, 4) is 0 Å². The van der Waals surface area contributed by atoms with E-state index in [1.54, 1.807) is 12.4 Å². The Labute approximate surface area is 94.8 Å². The molecule has 4 heteroatoms. The van der Waals surface area contributed by atoms with Gasteiger partial charge in [-0.15, -0.1) is 0 Å². The van der Waals surface area contributed by atoms with E-state index in [0.717, 1.165) is 28.5 Å². The molecule has 0 spiro atoms. The number of allylic oxidation sites excluding steroid dienone is 1. The maximum Gasteiger partial charge on any atom is 0.187 e. The van der Waals surface area contributed by atoms with Crippen LogP contribution in [-0.4, -0.2) is 29.0 Å². The van der Waals surface area contributed by atoms with Crippen LogP contribution in [0.25, 0.3) is 5.57 Å². The number of nitrogens with zero attached hydrogens (tertiary/aromatic N) is 3. The number of hydrogen-bond acceptors (Lipinski definition) is 4. The fourth-order valence-electron chi connectivity index (χ4n) is 1.10. The Morgan fingerprint density at radius 1 is 1.67 bits per heavy atom. The number of hydrogen-bond donors (Lipinski definition) is 0. The van der Waals surface area contributed by atoms with Crippen LogP contribution in [0.15, 0.2) is 22.9 Å². The van der Waals surface area contributed by atoms with Crippen molar-refractivity contribution in [1.82, 2.24) is 9.97 Å². The van der Waals surface area contributed by atoms with Crippen LogP contribution in [0, 0.1) is 0 Å². The predicted octanol–water partition coefficient (Wildman–Crippen LogP) is 2.67. The molecule has 1 aromatic rings. The first kappa shape index (κ1) is 11.9. The number of aromatic nitrogens is 2. The van der Waals surface area contributed by atoms with Crippen molar-refractivity contribution in [2.75, 3.05) is 12.8 Å². The fraction of sp³-hybridized carbons (Fsp3) is 0.364. The lowest BCUT2D eigenvalue weighted by Crippen LogP contribution is -1.98. The van der Waals surface area contributed by atoms with Crippen molar-refractivity contribution in [1.29, 1.82) is 0 Å². The van der Waals surface area contributed by atoms with E-state index in [1.807, 2.05) is 20.1 Å². The molecule has 0 unspecified atom stereocenters. The van der Waals surface area contributed by atoms with Crippen molar-refractivity contribution in [2.45, 2.75) is 19.0 Å². The van der Waals surface area contributed by atoms with Gasteiger partial charge in [-0.25, -0.2) is 9.97 Å². The van der Waals surface area contributed by atoms with E-state index in [9.17, 15) is 0 Å². The minimum Gasteiger partial charge on any atom is -0.293 e.